The average molecular weight is 377 g/mol. The minimum absolute atomic E-state index is 0.0542. The molecule has 0 spiro atoms. The zero-order valence-electron chi connectivity index (χ0n) is 16.2. The minimum Gasteiger partial charge on any atom is -0.351 e. The Morgan fingerprint density at radius 1 is 0.586 bits per heavy atom. The van der Waals surface area contributed by atoms with Gasteiger partial charge in [0.15, 0.2) is 0 Å². The quantitative estimate of drug-likeness (QED) is 0.444. The highest BCUT2D eigenvalue weighted by molar-refractivity contribution is 5.94. The first kappa shape index (κ1) is 18.7. The fourth-order valence-electron chi connectivity index (χ4n) is 3.54. The van der Waals surface area contributed by atoms with E-state index in [9.17, 15) is 4.79 Å². The van der Waals surface area contributed by atoms with Crippen LogP contribution in [0, 0.1) is 0 Å². The third-order valence-electron chi connectivity index (χ3n) is 5.12. The Balaban J connectivity index is 1.48. The number of hydrogen-bond donors (Lipinski definition) is 1. The third-order valence-corrected chi connectivity index (χ3v) is 5.12. The Hall–Kier alpha value is -3.65. The molecule has 2 heteroatoms. The van der Waals surface area contributed by atoms with Gasteiger partial charge in [0.25, 0.3) is 5.91 Å². The van der Waals surface area contributed by atoms with Crippen LogP contribution in [0.4, 0.5) is 0 Å². The normalized spacial score (nSPS) is 10.7. The highest BCUT2D eigenvalue weighted by Crippen LogP contribution is 2.24. The molecule has 0 saturated carbocycles. The maximum Gasteiger partial charge on any atom is 0.251 e. The van der Waals surface area contributed by atoms with E-state index in [1.165, 1.54) is 11.1 Å². The highest BCUT2D eigenvalue weighted by Gasteiger charge is 2.15. The van der Waals surface area contributed by atoms with Crippen LogP contribution in [0.2, 0.25) is 0 Å². The maximum atomic E-state index is 12.7. The van der Waals surface area contributed by atoms with Gasteiger partial charge >= 0.3 is 0 Å². The van der Waals surface area contributed by atoms with Gasteiger partial charge in [-0.1, -0.05) is 103 Å². The minimum atomic E-state index is -0.0542. The summed E-state index contributed by atoms with van der Waals surface area (Å²) >= 11 is 0. The van der Waals surface area contributed by atoms with Crippen molar-refractivity contribution in [3.05, 3.63) is 132 Å². The van der Waals surface area contributed by atoms with E-state index in [1.807, 2.05) is 78.9 Å². The Morgan fingerprint density at radius 3 is 1.55 bits per heavy atom. The molecule has 0 fully saturated rings. The molecule has 0 aliphatic rings. The van der Waals surface area contributed by atoms with Gasteiger partial charge in [-0.3, -0.25) is 4.79 Å². The number of hydrogen-bond acceptors (Lipinski definition) is 1. The van der Waals surface area contributed by atoms with E-state index in [0.717, 1.165) is 11.1 Å². The number of amides is 1. The molecule has 1 N–H and O–H groups in total. The van der Waals surface area contributed by atoms with Crippen molar-refractivity contribution in [3.63, 3.8) is 0 Å². The lowest BCUT2D eigenvalue weighted by molar-refractivity contribution is 0.0952. The molecule has 0 aromatic heterocycles. The Labute approximate surface area is 171 Å². The standard InChI is InChI=1S/C27H23NO/c29-27(25-18-16-22(17-19-25)21-10-4-1-5-11-21)28-20-26(23-12-6-2-7-13-23)24-14-8-3-9-15-24/h1-19,26H,20H2,(H,28,29). The SMILES string of the molecule is O=C(NCC(c1ccccc1)c1ccccc1)c1ccc(-c2ccccc2)cc1. The first-order valence-corrected chi connectivity index (χ1v) is 9.85. The lowest BCUT2D eigenvalue weighted by Gasteiger charge is -2.19. The number of rotatable bonds is 6. The van der Waals surface area contributed by atoms with Crippen LogP contribution >= 0.6 is 0 Å². The van der Waals surface area contributed by atoms with E-state index in [0.29, 0.717) is 12.1 Å². The fraction of sp³-hybridized carbons (Fsp3) is 0.0741. The van der Waals surface area contributed by atoms with Crippen molar-refractivity contribution in [2.24, 2.45) is 0 Å². The van der Waals surface area contributed by atoms with E-state index >= 15 is 0 Å². The van der Waals surface area contributed by atoms with Crippen LogP contribution in [-0.4, -0.2) is 12.5 Å². The smallest absolute Gasteiger partial charge is 0.251 e. The number of benzene rings is 4. The summed E-state index contributed by atoms with van der Waals surface area (Å²) in [6.07, 6.45) is 0. The molecule has 29 heavy (non-hydrogen) atoms. The van der Waals surface area contributed by atoms with Crippen molar-refractivity contribution in [3.8, 4) is 11.1 Å². The lowest BCUT2D eigenvalue weighted by atomic mass is 9.91. The molecule has 0 unspecified atom stereocenters. The molecule has 0 saturated heterocycles. The van der Waals surface area contributed by atoms with E-state index in [2.05, 4.69) is 41.7 Å². The van der Waals surface area contributed by atoms with E-state index in [1.54, 1.807) is 0 Å². The van der Waals surface area contributed by atoms with Crippen molar-refractivity contribution in [2.75, 3.05) is 6.54 Å². The largest absolute Gasteiger partial charge is 0.351 e. The van der Waals surface area contributed by atoms with E-state index < -0.39 is 0 Å². The monoisotopic (exact) mass is 377 g/mol. The molecule has 4 rings (SSSR count). The topological polar surface area (TPSA) is 29.1 Å². The second kappa shape index (κ2) is 9.03. The molecule has 1 amide bonds. The zero-order chi connectivity index (χ0) is 19.9. The van der Waals surface area contributed by atoms with Crippen LogP contribution in [0.5, 0.6) is 0 Å². The molecule has 0 bridgehead atoms. The molecule has 0 aliphatic heterocycles. The summed E-state index contributed by atoms with van der Waals surface area (Å²) in [4.78, 5) is 12.7. The van der Waals surface area contributed by atoms with Gasteiger partial charge in [0.05, 0.1) is 0 Å². The van der Waals surface area contributed by atoms with Crippen LogP contribution in [0.3, 0.4) is 0 Å². The van der Waals surface area contributed by atoms with Gasteiger partial charge in [0.1, 0.15) is 0 Å². The molecule has 142 valence electrons. The molecular formula is C27H23NO. The maximum absolute atomic E-state index is 12.7. The molecule has 0 radical (unpaired) electrons. The number of nitrogens with one attached hydrogen (secondary N) is 1. The van der Waals surface area contributed by atoms with E-state index in [-0.39, 0.29) is 11.8 Å². The molecule has 4 aromatic carbocycles. The number of carbonyl (C=O) groups is 1. The second-order valence-corrected chi connectivity index (χ2v) is 7.03. The van der Waals surface area contributed by atoms with Crippen molar-refractivity contribution in [1.29, 1.82) is 0 Å². The molecule has 0 heterocycles. The van der Waals surface area contributed by atoms with Gasteiger partial charge in [-0.15, -0.1) is 0 Å². The summed E-state index contributed by atoms with van der Waals surface area (Å²) in [5.41, 5.74) is 5.31. The van der Waals surface area contributed by atoms with Gasteiger partial charge < -0.3 is 5.32 Å². The Kier molecular flexibility index (Phi) is 5.82. The van der Waals surface area contributed by atoms with Crippen molar-refractivity contribution in [2.45, 2.75) is 5.92 Å². The summed E-state index contributed by atoms with van der Waals surface area (Å²) in [6.45, 7) is 0.549. The lowest BCUT2D eigenvalue weighted by Crippen LogP contribution is -2.28. The van der Waals surface area contributed by atoms with Crippen molar-refractivity contribution >= 4 is 5.91 Å². The van der Waals surface area contributed by atoms with Gasteiger partial charge in [-0.05, 0) is 34.4 Å². The highest BCUT2D eigenvalue weighted by atomic mass is 16.1. The molecular weight excluding hydrogens is 354 g/mol. The molecule has 0 aliphatic carbocycles. The summed E-state index contributed by atoms with van der Waals surface area (Å²) < 4.78 is 0. The second-order valence-electron chi connectivity index (χ2n) is 7.03. The van der Waals surface area contributed by atoms with Gasteiger partial charge in [0, 0.05) is 18.0 Å². The Bertz CT molecular complexity index is 1000. The summed E-state index contributed by atoms with van der Waals surface area (Å²) in [6, 6.07) is 38.6. The van der Waals surface area contributed by atoms with Gasteiger partial charge in [-0.25, -0.2) is 0 Å². The van der Waals surface area contributed by atoms with Crippen LogP contribution in [0.1, 0.15) is 27.4 Å². The molecule has 0 atom stereocenters. The summed E-state index contributed by atoms with van der Waals surface area (Å²) in [5, 5.41) is 3.12. The first-order chi connectivity index (χ1) is 14.3. The van der Waals surface area contributed by atoms with Crippen LogP contribution in [-0.2, 0) is 0 Å². The predicted molar refractivity (Wildman–Crippen MR) is 119 cm³/mol. The molecule has 2 nitrogen and oxygen atoms in total. The van der Waals surface area contributed by atoms with Gasteiger partial charge in [0.2, 0.25) is 0 Å². The Morgan fingerprint density at radius 2 is 1.03 bits per heavy atom. The first-order valence-electron chi connectivity index (χ1n) is 9.85. The van der Waals surface area contributed by atoms with Crippen molar-refractivity contribution < 1.29 is 4.79 Å². The molecule has 4 aromatic rings. The van der Waals surface area contributed by atoms with Crippen LogP contribution in [0.25, 0.3) is 11.1 Å². The fourth-order valence-corrected chi connectivity index (χ4v) is 3.54. The summed E-state index contributed by atoms with van der Waals surface area (Å²) in [7, 11) is 0. The summed E-state index contributed by atoms with van der Waals surface area (Å²) in [5.74, 6) is 0.0615. The van der Waals surface area contributed by atoms with Gasteiger partial charge in [-0.2, -0.15) is 0 Å². The average Bonchev–Trinajstić information content (AvgIpc) is 2.81. The predicted octanol–water partition coefficient (Wildman–Crippen LogP) is 5.92. The van der Waals surface area contributed by atoms with E-state index in [4.69, 9.17) is 0 Å². The van der Waals surface area contributed by atoms with Crippen molar-refractivity contribution in [1.82, 2.24) is 5.32 Å². The third kappa shape index (κ3) is 4.61. The zero-order valence-corrected chi connectivity index (χ0v) is 16.2. The van der Waals surface area contributed by atoms with Crippen LogP contribution < -0.4 is 5.32 Å². The number of carbonyl (C=O) groups excluding carboxylic acids is 1. The van der Waals surface area contributed by atoms with Crippen LogP contribution in [0.15, 0.2) is 115 Å².